The van der Waals surface area contributed by atoms with Gasteiger partial charge >= 0.3 is 5.97 Å². The second-order valence-electron chi connectivity index (χ2n) is 9.57. The highest BCUT2D eigenvalue weighted by Gasteiger charge is 2.31. The van der Waals surface area contributed by atoms with Crippen molar-refractivity contribution in [1.29, 1.82) is 0 Å². The summed E-state index contributed by atoms with van der Waals surface area (Å²) in [6.07, 6.45) is -0.309. The Morgan fingerprint density at radius 2 is 1.75 bits per heavy atom. The van der Waals surface area contributed by atoms with Crippen molar-refractivity contribution >= 4 is 28.5 Å². The van der Waals surface area contributed by atoms with Gasteiger partial charge in [0.15, 0.2) is 0 Å². The molecule has 3 aromatic carbocycles. The van der Waals surface area contributed by atoms with Gasteiger partial charge in [0.05, 0.1) is 30.4 Å². The van der Waals surface area contributed by atoms with Crippen LogP contribution in [0.1, 0.15) is 44.4 Å². The van der Waals surface area contributed by atoms with Crippen molar-refractivity contribution < 1.29 is 19.2 Å². The van der Waals surface area contributed by atoms with Gasteiger partial charge in [0, 0.05) is 28.6 Å². The van der Waals surface area contributed by atoms with E-state index in [0.29, 0.717) is 23.4 Å². The van der Waals surface area contributed by atoms with Crippen molar-refractivity contribution in [3.05, 3.63) is 106 Å². The summed E-state index contributed by atoms with van der Waals surface area (Å²) in [5, 5.41) is 3.73. The maximum Gasteiger partial charge on any atom is 0.340 e. The van der Waals surface area contributed by atoms with Crippen LogP contribution in [0.25, 0.3) is 10.9 Å². The van der Waals surface area contributed by atoms with E-state index in [1.165, 1.54) is 4.90 Å². The van der Waals surface area contributed by atoms with Crippen LogP contribution in [-0.4, -0.2) is 30.5 Å². The molecule has 2 heterocycles. The highest BCUT2D eigenvalue weighted by molar-refractivity contribution is 6.06. The number of likely N-dealkylation sites (N-methyl/N-ethyl adjacent to an activating group) is 1. The molecule has 1 aliphatic heterocycles. The Morgan fingerprint density at radius 3 is 2.56 bits per heavy atom. The average molecular weight is 481 g/mol. The summed E-state index contributed by atoms with van der Waals surface area (Å²) in [7, 11) is 2.11. The lowest BCUT2D eigenvalue weighted by atomic mass is 9.96. The number of hydrogen-bond acceptors (Lipinski definition) is 4. The van der Waals surface area contributed by atoms with Crippen LogP contribution in [0.2, 0.25) is 0 Å². The van der Waals surface area contributed by atoms with E-state index in [1.54, 1.807) is 12.1 Å². The third-order valence-electron chi connectivity index (χ3n) is 6.77. The molecule has 0 radical (unpaired) electrons. The minimum Gasteiger partial charge on any atom is -0.444 e. The molecule has 6 heteroatoms. The lowest BCUT2D eigenvalue weighted by Gasteiger charge is -2.25. The van der Waals surface area contributed by atoms with E-state index in [0.717, 1.165) is 46.3 Å². The molecule has 1 unspecified atom stereocenters. The van der Waals surface area contributed by atoms with Crippen LogP contribution in [0.4, 0.5) is 5.69 Å². The van der Waals surface area contributed by atoms with Crippen LogP contribution in [0.5, 0.6) is 0 Å². The molecular formula is C30H30N3O3+. The van der Waals surface area contributed by atoms with Gasteiger partial charge in [0.1, 0.15) is 6.54 Å². The van der Waals surface area contributed by atoms with Crippen molar-refractivity contribution in [3.8, 4) is 0 Å². The zero-order chi connectivity index (χ0) is 25.2. The molecule has 5 rings (SSSR count). The van der Waals surface area contributed by atoms with Gasteiger partial charge in [-0.15, -0.1) is 0 Å². The molecule has 1 aromatic heterocycles. The number of anilines is 1. The van der Waals surface area contributed by atoms with E-state index < -0.39 is 18.0 Å². The van der Waals surface area contributed by atoms with Gasteiger partial charge < -0.3 is 15.0 Å². The molecule has 1 amide bonds. The van der Waals surface area contributed by atoms with E-state index in [1.807, 2.05) is 74.5 Å². The zero-order valence-corrected chi connectivity index (χ0v) is 20.8. The molecule has 36 heavy (non-hydrogen) atoms. The predicted octanol–water partition coefficient (Wildman–Crippen LogP) is 3.96. The van der Waals surface area contributed by atoms with Gasteiger partial charge in [0.25, 0.3) is 5.91 Å². The molecular weight excluding hydrogens is 450 g/mol. The monoisotopic (exact) mass is 480 g/mol. The number of hydrogen-bond donors (Lipinski definition) is 2. The van der Waals surface area contributed by atoms with Crippen molar-refractivity contribution in [2.24, 2.45) is 0 Å². The minimum atomic E-state index is -1.10. The summed E-state index contributed by atoms with van der Waals surface area (Å²) in [6.45, 7) is 5.55. The largest absolute Gasteiger partial charge is 0.444 e. The molecule has 0 saturated carbocycles. The summed E-state index contributed by atoms with van der Waals surface area (Å²) in [4.78, 5) is 33.5. The van der Waals surface area contributed by atoms with E-state index in [4.69, 9.17) is 9.72 Å². The van der Waals surface area contributed by atoms with Gasteiger partial charge in [-0.25, -0.2) is 4.79 Å². The third kappa shape index (κ3) is 4.72. The fraction of sp³-hybridized carbons (Fsp3) is 0.233. The number of para-hydroxylation sites is 1. The Morgan fingerprint density at radius 1 is 1.00 bits per heavy atom. The quantitative estimate of drug-likeness (QED) is 0.424. The number of esters is 1. The summed E-state index contributed by atoms with van der Waals surface area (Å²) in [5.41, 5.74) is 6.40. The number of amides is 1. The molecule has 2 N–H and O–H groups in total. The molecule has 6 nitrogen and oxygen atoms in total. The molecule has 0 bridgehead atoms. The number of aryl methyl sites for hydroxylation is 2. The molecule has 0 fully saturated rings. The first-order valence-electron chi connectivity index (χ1n) is 12.3. The Labute approximate surface area is 210 Å². The maximum atomic E-state index is 13.9. The first-order valence-corrected chi connectivity index (χ1v) is 12.3. The third-order valence-corrected chi connectivity index (χ3v) is 6.77. The Hall–Kier alpha value is -4.03. The normalized spacial score (nSPS) is 15.7. The molecule has 2 atom stereocenters. The minimum absolute atomic E-state index is 0.391. The van der Waals surface area contributed by atoms with Gasteiger partial charge in [-0.3, -0.25) is 9.78 Å². The Balaban J connectivity index is 1.54. The Bertz CT molecular complexity index is 1450. The molecule has 4 aromatic rings. The van der Waals surface area contributed by atoms with Crippen LogP contribution in [-0.2, 0) is 22.5 Å². The number of benzene rings is 3. The van der Waals surface area contributed by atoms with E-state index in [9.17, 15) is 9.59 Å². The molecule has 182 valence electrons. The van der Waals surface area contributed by atoms with Crippen LogP contribution in [0.15, 0.2) is 72.8 Å². The predicted molar refractivity (Wildman–Crippen MR) is 140 cm³/mol. The van der Waals surface area contributed by atoms with Gasteiger partial charge in [-0.05, 0) is 37.1 Å². The van der Waals surface area contributed by atoms with Crippen molar-refractivity contribution in [3.63, 3.8) is 0 Å². The first kappa shape index (κ1) is 23.7. The number of fused-ring (bicyclic) bond motifs is 2. The van der Waals surface area contributed by atoms with E-state index >= 15 is 0 Å². The lowest BCUT2D eigenvalue weighted by Crippen LogP contribution is -3.08. The van der Waals surface area contributed by atoms with Crippen LogP contribution in [0.3, 0.4) is 0 Å². The van der Waals surface area contributed by atoms with E-state index in [2.05, 4.69) is 12.4 Å². The van der Waals surface area contributed by atoms with Gasteiger partial charge in [-0.1, -0.05) is 60.7 Å². The summed E-state index contributed by atoms with van der Waals surface area (Å²) in [5.74, 6) is -0.900. The number of quaternary nitrogens is 1. The maximum absolute atomic E-state index is 13.9. The fourth-order valence-corrected chi connectivity index (χ4v) is 4.79. The van der Waals surface area contributed by atoms with Crippen LogP contribution >= 0.6 is 0 Å². The fourth-order valence-electron chi connectivity index (χ4n) is 4.79. The number of rotatable bonds is 5. The standard InChI is InChI=1S/C30H29N3O3/c1-19-13-14-20(2)26(17-19)32-29(34)28(21-9-5-4-6-10-21)36-30(35)27-22-11-7-8-12-24(22)31-25-15-16-33(3)18-23(25)27/h4-14,17,28H,15-16,18H2,1-3H3,(H,32,34)/p+1/t28-/m1/s1. The topological polar surface area (TPSA) is 72.7 Å². The van der Waals surface area contributed by atoms with Crippen molar-refractivity contribution in [2.75, 3.05) is 18.9 Å². The second-order valence-corrected chi connectivity index (χ2v) is 9.57. The summed E-state index contributed by atoms with van der Waals surface area (Å²) < 4.78 is 6.05. The average Bonchev–Trinajstić information content (AvgIpc) is 2.88. The SMILES string of the molecule is Cc1ccc(C)c(NC(=O)[C@H](OC(=O)c2c3c(nc4ccccc24)CC[NH+](C)C3)c2ccccc2)c1. The Kier molecular flexibility index (Phi) is 6.53. The molecule has 0 spiro atoms. The van der Waals surface area contributed by atoms with Crippen LogP contribution in [0, 0.1) is 13.8 Å². The first-order chi connectivity index (χ1) is 17.4. The highest BCUT2D eigenvalue weighted by atomic mass is 16.5. The number of ether oxygens (including phenoxy) is 1. The van der Waals surface area contributed by atoms with Crippen molar-refractivity contribution in [1.82, 2.24) is 4.98 Å². The van der Waals surface area contributed by atoms with E-state index in [-0.39, 0.29) is 0 Å². The van der Waals surface area contributed by atoms with Crippen molar-refractivity contribution in [2.45, 2.75) is 32.9 Å². The number of aromatic nitrogens is 1. The van der Waals surface area contributed by atoms with Gasteiger partial charge in [0.2, 0.25) is 6.10 Å². The summed E-state index contributed by atoms with van der Waals surface area (Å²) in [6, 6.07) is 22.7. The number of carbonyl (C=O) groups is 2. The molecule has 1 aliphatic rings. The van der Waals surface area contributed by atoms with Crippen LogP contribution < -0.4 is 10.2 Å². The smallest absolute Gasteiger partial charge is 0.340 e. The molecule has 0 saturated heterocycles. The number of carbonyl (C=O) groups excluding carboxylic acids is 2. The summed E-state index contributed by atoms with van der Waals surface area (Å²) >= 11 is 0. The van der Waals surface area contributed by atoms with Gasteiger partial charge in [-0.2, -0.15) is 0 Å². The zero-order valence-electron chi connectivity index (χ0n) is 20.8. The highest BCUT2D eigenvalue weighted by Crippen LogP contribution is 2.29. The number of nitrogens with one attached hydrogen (secondary N) is 2. The second kappa shape index (κ2) is 9.91. The molecule has 0 aliphatic carbocycles. The number of pyridine rings is 1. The lowest BCUT2D eigenvalue weighted by molar-refractivity contribution is -0.895. The number of nitrogens with zero attached hydrogens (tertiary/aromatic N) is 1.